The van der Waals surface area contributed by atoms with E-state index >= 15 is 0 Å². The standard InChI is InChI=1S/C16H15ClF2N4O2/c17-14-12(20-5-6-21-15(24)9-1-2-9)8-22-23(16(14)25)13-4-3-10(18)7-11(13)19/h3-4,7-9,20H,1-2,5-6H2,(H,21,24). The molecule has 6 nitrogen and oxygen atoms in total. The highest BCUT2D eigenvalue weighted by molar-refractivity contribution is 6.32. The molecule has 132 valence electrons. The first-order valence-corrected chi connectivity index (χ1v) is 8.10. The number of halogens is 3. The lowest BCUT2D eigenvalue weighted by atomic mass is 10.3. The Bertz CT molecular complexity index is 868. The van der Waals surface area contributed by atoms with Crippen LogP contribution in [0.2, 0.25) is 5.02 Å². The van der Waals surface area contributed by atoms with Crippen molar-refractivity contribution < 1.29 is 13.6 Å². The van der Waals surface area contributed by atoms with Crippen LogP contribution in [-0.4, -0.2) is 28.8 Å². The molecule has 9 heteroatoms. The van der Waals surface area contributed by atoms with Crippen LogP contribution in [0.3, 0.4) is 0 Å². The van der Waals surface area contributed by atoms with Gasteiger partial charge in [-0.1, -0.05) is 11.6 Å². The van der Waals surface area contributed by atoms with Crippen LogP contribution >= 0.6 is 11.6 Å². The topological polar surface area (TPSA) is 76.0 Å². The van der Waals surface area contributed by atoms with E-state index in [1.165, 1.54) is 6.20 Å². The Kier molecular flexibility index (Phi) is 4.98. The van der Waals surface area contributed by atoms with Crippen LogP contribution in [0.5, 0.6) is 0 Å². The van der Waals surface area contributed by atoms with Gasteiger partial charge in [-0.25, -0.2) is 8.78 Å². The van der Waals surface area contributed by atoms with E-state index in [-0.39, 0.29) is 28.2 Å². The molecule has 0 atom stereocenters. The first-order chi connectivity index (χ1) is 12.0. The molecule has 0 radical (unpaired) electrons. The third kappa shape index (κ3) is 3.96. The highest BCUT2D eigenvalue weighted by Gasteiger charge is 2.29. The summed E-state index contributed by atoms with van der Waals surface area (Å²) in [6, 6.07) is 2.79. The van der Waals surface area contributed by atoms with Gasteiger partial charge in [0.05, 0.1) is 11.9 Å². The Hall–Kier alpha value is -2.48. The number of carbonyl (C=O) groups is 1. The second-order valence-corrected chi connectivity index (χ2v) is 6.05. The summed E-state index contributed by atoms with van der Waals surface area (Å²) in [4.78, 5) is 23.8. The molecule has 1 saturated carbocycles. The highest BCUT2D eigenvalue weighted by Crippen LogP contribution is 2.28. The summed E-state index contributed by atoms with van der Waals surface area (Å²) in [5.74, 6) is -1.53. The molecule has 1 heterocycles. The zero-order chi connectivity index (χ0) is 18.0. The van der Waals surface area contributed by atoms with Gasteiger partial charge in [0.25, 0.3) is 5.56 Å². The fourth-order valence-electron chi connectivity index (χ4n) is 2.25. The van der Waals surface area contributed by atoms with Gasteiger partial charge < -0.3 is 10.6 Å². The maximum atomic E-state index is 13.8. The second kappa shape index (κ2) is 7.18. The lowest BCUT2D eigenvalue weighted by molar-refractivity contribution is -0.122. The van der Waals surface area contributed by atoms with E-state index in [9.17, 15) is 18.4 Å². The summed E-state index contributed by atoms with van der Waals surface area (Å²) in [5, 5.41) is 9.35. The van der Waals surface area contributed by atoms with Gasteiger partial charge in [0, 0.05) is 25.1 Å². The molecule has 0 saturated heterocycles. The molecule has 25 heavy (non-hydrogen) atoms. The van der Waals surface area contributed by atoms with E-state index in [1.54, 1.807) is 0 Å². The lowest BCUT2D eigenvalue weighted by Crippen LogP contribution is -2.30. The van der Waals surface area contributed by atoms with Crippen molar-refractivity contribution >= 4 is 23.2 Å². The number of carbonyl (C=O) groups excluding carboxylic acids is 1. The molecule has 1 aromatic heterocycles. The van der Waals surface area contributed by atoms with Crippen molar-refractivity contribution in [3.05, 3.63) is 51.4 Å². The van der Waals surface area contributed by atoms with Crippen molar-refractivity contribution in [1.29, 1.82) is 0 Å². The number of rotatable bonds is 6. The number of benzene rings is 1. The minimum absolute atomic E-state index is 0.0215. The minimum atomic E-state index is -0.922. The second-order valence-electron chi connectivity index (χ2n) is 5.68. The first-order valence-electron chi connectivity index (χ1n) is 7.72. The highest BCUT2D eigenvalue weighted by atomic mass is 35.5. The van der Waals surface area contributed by atoms with Crippen LogP contribution in [0.1, 0.15) is 12.8 Å². The Morgan fingerprint density at radius 3 is 2.76 bits per heavy atom. The predicted molar refractivity (Wildman–Crippen MR) is 89.0 cm³/mol. The molecule has 1 amide bonds. The molecule has 2 N–H and O–H groups in total. The first kappa shape index (κ1) is 17.3. The Balaban J connectivity index is 1.69. The predicted octanol–water partition coefficient (Wildman–Crippen LogP) is 2.10. The van der Waals surface area contributed by atoms with Crippen LogP contribution in [0, 0.1) is 17.6 Å². The van der Waals surface area contributed by atoms with Crippen molar-refractivity contribution in [2.24, 2.45) is 5.92 Å². The summed E-state index contributed by atoms with van der Waals surface area (Å²) in [7, 11) is 0. The fraction of sp³-hybridized carbons (Fsp3) is 0.312. The van der Waals surface area contributed by atoms with Crippen LogP contribution < -0.4 is 16.2 Å². The molecular weight excluding hydrogens is 354 g/mol. The fourth-order valence-corrected chi connectivity index (χ4v) is 2.45. The zero-order valence-corrected chi connectivity index (χ0v) is 13.8. The van der Waals surface area contributed by atoms with Crippen LogP contribution in [-0.2, 0) is 4.79 Å². The van der Waals surface area contributed by atoms with Gasteiger partial charge >= 0.3 is 0 Å². The van der Waals surface area contributed by atoms with Gasteiger partial charge in [0.2, 0.25) is 5.91 Å². The molecule has 1 aromatic carbocycles. The number of hydrogen-bond donors (Lipinski definition) is 2. The van der Waals surface area contributed by atoms with E-state index < -0.39 is 17.2 Å². The smallest absolute Gasteiger partial charge is 0.292 e. The number of nitrogens with zero attached hydrogens (tertiary/aromatic N) is 2. The lowest BCUT2D eigenvalue weighted by Gasteiger charge is -2.11. The Morgan fingerprint density at radius 2 is 2.08 bits per heavy atom. The van der Waals surface area contributed by atoms with Crippen molar-refractivity contribution in [2.75, 3.05) is 18.4 Å². The average molecular weight is 369 g/mol. The summed E-state index contributed by atoms with van der Waals surface area (Å²) in [6.07, 6.45) is 3.12. The Labute approximate surface area is 146 Å². The largest absolute Gasteiger partial charge is 0.381 e. The number of aromatic nitrogens is 2. The van der Waals surface area contributed by atoms with Gasteiger partial charge in [-0.2, -0.15) is 9.78 Å². The number of anilines is 1. The maximum absolute atomic E-state index is 13.8. The number of amides is 1. The van der Waals surface area contributed by atoms with Crippen LogP contribution in [0.4, 0.5) is 14.5 Å². The normalized spacial score (nSPS) is 13.6. The third-order valence-corrected chi connectivity index (χ3v) is 4.11. The number of nitrogens with one attached hydrogen (secondary N) is 2. The quantitative estimate of drug-likeness (QED) is 0.766. The summed E-state index contributed by atoms with van der Waals surface area (Å²) >= 11 is 6.01. The maximum Gasteiger partial charge on any atom is 0.292 e. The summed E-state index contributed by atoms with van der Waals surface area (Å²) < 4.78 is 27.5. The van der Waals surface area contributed by atoms with E-state index in [0.29, 0.717) is 19.2 Å². The molecule has 3 rings (SSSR count). The van der Waals surface area contributed by atoms with Crippen molar-refractivity contribution in [3.8, 4) is 5.69 Å². The zero-order valence-electron chi connectivity index (χ0n) is 13.1. The molecule has 1 aliphatic carbocycles. The molecule has 0 unspecified atom stereocenters. The van der Waals surface area contributed by atoms with Gasteiger partial charge in [0.1, 0.15) is 16.5 Å². The third-order valence-electron chi connectivity index (χ3n) is 3.74. The van der Waals surface area contributed by atoms with Crippen molar-refractivity contribution in [3.63, 3.8) is 0 Å². The van der Waals surface area contributed by atoms with Gasteiger partial charge in [-0.3, -0.25) is 9.59 Å². The van der Waals surface area contributed by atoms with Crippen LogP contribution in [0.15, 0.2) is 29.2 Å². The van der Waals surface area contributed by atoms with Gasteiger partial charge in [-0.15, -0.1) is 0 Å². The molecule has 0 aliphatic heterocycles. The Morgan fingerprint density at radius 1 is 1.32 bits per heavy atom. The minimum Gasteiger partial charge on any atom is -0.381 e. The van der Waals surface area contributed by atoms with E-state index in [4.69, 9.17) is 11.6 Å². The number of hydrogen-bond acceptors (Lipinski definition) is 4. The molecule has 0 bridgehead atoms. The van der Waals surface area contributed by atoms with Gasteiger partial charge in [-0.05, 0) is 25.0 Å². The van der Waals surface area contributed by atoms with Crippen molar-refractivity contribution in [1.82, 2.24) is 15.1 Å². The monoisotopic (exact) mass is 368 g/mol. The van der Waals surface area contributed by atoms with Crippen molar-refractivity contribution in [2.45, 2.75) is 12.8 Å². The summed E-state index contributed by atoms with van der Waals surface area (Å²) in [5.41, 5.74) is -0.665. The van der Waals surface area contributed by atoms with E-state index in [0.717, 1.165) is 29.7 Å². The van der Waals surface area contributed by atoms with Crippen LogP contribution in [0.25, 0.3) is 5.69 Å². The molecular formula is C16H15ClF2N4O2. The summed E-state index contributed by atoms with van der Waals surface area (Å²) in [6.45, 7) is 0.732. The molecule has 1 aliphatic rings. The van der Waals surface area contributed by atoms with E-state index in [1.807, 2.05) is 0 Å². The molecule has 2 aromatic rings. The molecule has 0 spiro atoms. The van der Waals surface area contributed by atoms with Gasteiger partial charge in [0.15, 0.2) is 5.82 Å². The SMILES string of the molecule is O=C(NCCNc1cnn(-c2ccc(F)cc2F)c(=O)c1Cl)C1CC1. The molecule has 1 fully saturated rings. The van der Waals surface area contributed by atoms with E-state index in [2.05, 4.69) is 15.7 Å². The average Bonchev–Trinajstić information content (AvgIpc) is 3.41.